The Morgan fingerprint density at radius 2 is 1.70 bits per heavy atom. The van der Waals surface area contributed by atoms with Crippen molar-refractivity contribution >= 4 is 42.2 Å². The van der Waals surface area contributed by atoms with E-state index in [0.717, 1.165) is 0 Å². The normalized spacial score (nSPS) is 17.5. The Bertz CT molecular complexity index is 1480. The number of phosphoric ester groups is 1. The van der Waals surface area contributed by atoms with Gasteiger partial charge in [0, 0.05) is 28.8 Å². The maximum Gasteiger partial charge on any atom is 0.470 e. The standard InChI is InChI=1S/C32H49N4O9P/c1-18(2)15-22(35-28(39)23-16-19-21(34-23)11-10-12-25(19)44-9)29(40)36-26(24(37)17-45-46(41,42)43)32(30(3,4)5,31(6,7)8)20-13-14-33-27(20)38/h10-12,16,18,20,22,26,34H,13-15,17H2,1-9H3,(H,33,38)(H,35,39)(H,36,40)(H2,41,42,43)/t20-,22+,26-/m1/s1. The molecule has 3 atom stereocenters. The zero-order chi connectivity index (χ0) is 34.8. The van der Waals surface area contributed by atoms with Crippen molar-refractivity contribution in [1.29, 1.82) is 0 Å². The molecule has 0 aliphatic carbocycles. The fourth-order valence-electron chi connectivity index (χ4n) is 7.55. The highest BCUT2D eigenvalue weighted by Crippen LogP contribution is 2.60. The summed E-state index contributed by atoms with van der Waals surface area (Å²) >= 11 is 0. The van der Waals surface area contributed by atoms with Crippen LogP contribution in [0.4, 0.5) is 0 Å². The Labute approximate surface area is 270 Å². The third-order valence-corrected chi connectivity index (χ3v) is 9.40. The minimum absolute atomic E-state index is 0.0541. The van der Waals surface area contributed by atoms with Crippen LogP contribution in [0.5, 0.6) is 5.75 Å². The Morgan fingerprint density at radius 1 is 1.07 bits per heavy atom. The van der Waals surface area contributed by atoms with Gasteiger partial charge in [-0.2, -0.15) is 0 Å². The summed E-state index contributed by atoms with van der Waals surface area (Å²) in [6, 6.07) is 4.44. The second-order valence-corrected chi connectivity index (χ2v) is 15.7. The average Bonchev–Trinajstić information content (AvgIpc) is 3.55. The number of ether oxygens (including phenoxy) is 1. The molecule has 46 heavy (non-hydrogen) atoms. The second kappa shape index (κ2) is 13.9. The number of carbonyl (C=O) groups is 4. The third-order valence-electron chi connectivity index (χ3n) is 8.94. The minimum Gasteiger partial charge on any atom is -0.496 e. The van der Waals surface area contributed by atoms with Gasteiger partial charge in [-0.25, -0.2) is 4.57 Å². The Balaban J connectivity index is 2.10. The van der Waals surface area contributed by atoms with Crippen molar-refractivity contribution in [1.82, 2.24) is 20.9 Å². The summed E-state index contributed by atoms with van der Waals surface area (Å²) in [4.78, 5) is 77.1. The number of aromatic amines is 1. The van der Waals surface area contributed by atoms with Crippen molar-refractivity contribution in [3.8, 4) is 5.75 Å². The number of hydrogen-bond acceptors (Lipinski definition) is 7. The molecule has 0 saturated carbocycles. The number of amides is 3. The molecule has 1 aromatic carbocycles. The number of nitrogens with one attached hydrogen (secondary N) is 4. The van der Waals surface area contributed by atoms with Crippen LogP contribution in [0, 0.1) is 28.1 Å². The van der Waals surface area contributed by atoms with Crippen molar-refractivity contribution < 1.29 is 42.8 Å². The lowest BCUT2D eigenvalue weighted by atomic mass is 9.45. The molecule has 256 valence electrons. The molecule has 6 N–H and O–H groups in total. The number of phosphoric acid groups is 1. The maximum atomic E-state index is 14.2. The van der Waals surface area contributed by atoms with Gasteiger partial charge in [0.05, 0.1) is 13.2 Å². The summed E-state index contributed by atoms with van der Waals surface area (Å²) in [6.45, 7) is 14.4. The van der Waals surface area contributed by atoms with Gasteiger partial charge in [0.15, 0.2) is 5.78 Å². The summed E-state index contributed by atoms with van der Waals surface area (Å²) in [5.74, 6) is -2.55. The second-order valence-electron chi connectivity index (χ2n) is 14.4. The van der Waals surface area contributed by atoms with Crippen LogP contribution in [-0.4, -0.2) is 70.6 Å². The van der Waals surface area contributed by atoms with Crippen LogP contribution in [0.2, 0.25) is 0 Å². The molecule has 0 bridgehead atoms. The largest absolute Gasteiger partial charge is 0.496 e. The summed E-state index contributed by atoms with van der Waals surface area (Å²) in [6.07, 6.45) is 0.589. The molecule has 1 saturated heterocycles. The van der Waals surface area contributed by atoms with Crippen LogP contribution in [0.25, 0.3) is 10.9 Å². The number of fused-ring (bicyclic) bond motifs is 1. The van der Waals surface area contributed by atoms with E-state index < -0.39 is 66.3 Å². The summed E-state index contributed by atoms with van der Waals surface area (Å²) in [5.41, 5.74) is -2.03. The highest BCUT2D eigenvalue weighted by Gasteiger charge is 2.64. The van der Waals surface area contributed by atoms with Crippen molar-refractivity contribution in [3.05, 3.63) is 30.0 Å². The van der Waals surface area contributed by atoms with Crippen molar-refractivity contribution in [3.63, 3.8) is 0 Å². The molecule has 1 aromatic heterocycles. The lowest BCUT2D eigenvalue weighted by molar-refractivity contribution is -0.161. The van der Waals surface area contributed by atoms with Gasteiger partial charge >= 0.3 is 7.82 Å². The van der Waals surface area contributed by atoms with Crippen molar-refractivity contribution in [2.45, 2.75) is 80.3 Å². The van der Waals surface area contributed by atoms with Gasteiger partial charge in [0.25, 0.3) is 5.91 Å². The highest BCUT2D eigenvalue weighted by atomic mass is 31.2. The topological polar surface area (TPSA) is 196 Å². The van der Waals surface area contributed by atoms with Crippen LogP contribution >= 0.6 is 7.82 Å². The zero-order valence-corrected chi connectivity index (χ0v) is 29.0. The molecule has 0 unspecified atom stereocenters. The van der Waals surface area contributed by atoms with E-state index in [2.05, 4.69) is 25.5 Å². The fourth-order valence-corrected chi connectivity index (χ4v) is 7.85. The number of benzene rings is 1. The van der Waals surface area contributed by atoms with Crippen LogP contribution in [0.1, 0.15) is 78.7 Å². The number of Topliss-reactive ketones (excluding diaryl/α,β-unsaturated/α-hetero) is 1. The van der Waals surface area contributed by atoms with E-state index in [-0.39, 0.29) is 23.9 Å². The zero-order valence-electron chi connectivity index (χ0n) is 28.1. The third kappa shape index (κ3) is 7.82. The summed E-state index contributed by atoms with van der Waals surface area (Å²) in [7, 11) is -3.53. The van der Waals surface area contributed by atoms with E-state index in [1.54, 1.807) is 24.3 Å². The molecular formula is C32H49N4O9P. The molecule has 3 amide bonds. The number of carbonyl (C=O) groups excluding carboxylic acids is 4. The first kappa shape index (κ1) is 37.2. The maximum absolute atomic E-state index is 14.2. The SMILES string of the molecule is COc1cccc2[nH]c(C(=O)N[C@@H](CC(C)C)C(=O)N[C@H](C(=O)COP(=O)(O)O)C([C@@H]3CCNC3=O)(C(C)(C)C)C(C)(C)C)cc12. The smallest absolute Gasteiger partial charge is 0.470 e. The molecule has 13 nitrogen and oxygen atoms in total. The molecule has 14 heteroatoms. The number of rotatable bonds is 13. The Kier molecular flexibility index (Phi) is 11.2. The lowest BCUT2D eigenvalue weighted by Gasteiger charge is -2.59. The van der Waals surface area contributed by atoms with Crippen LogP contribution in [0.15, 0.2) is 24.3 Å². The van der Waals surface area contributed by atoms with E-state index in [0.29, 0.717) is 29.6 Å². The first-order valence-electron chi connectivity index (χ1n) is 15.4. The van der Waals surface area contributed by atoms with Gasteiger partial charge < -0.3 is 35.5 Å². The monoisotopic (exact) mass is 664 g/mol. The average molecular weight is 665 g/mol. The van der Waals surface area contributed by atoms with Gasteiger partial charge in [-0.3, -0.25) is 23.7 Å². The van der Waals surface area contributed by atoms with Gasteiger partial charge in [-0.15, -0.1) is 0 Å². The Morgan fingerprint density at radius 3 is 2.20 bits per heavy atom. The molecule has 3 rings (SSSR count). The minimum atomic E-state index is -5.06. The number of ketones is 1. The van der Waals surface area contributed by atoms with E-state index in [1.807, 2.05) is 55.4 Å². The number of hydrogen-bond donors (Lipinski definition) is 6. The van der Waals surface area contributed by atoms with Gasteiger partial charge in [-0.1, -0.05) is 61.5 Å². The molecule has 1 aliphatic heterocycles. The van der Waals surface area contributed by atoms with E-state index in [4.69, 9.17) is 4.74 Å². The van der Waals surface area contributed by atoms with Crippen LogP contribution in [-0.2, 0) is 23.5 Å². The number of H-pyrrole nitrogens is 1. The molecule has 2 aromatic rings. The van der Waals surface area contributed by atoms with Gasteiger partial charge in [-0.05, 0) is 47.8 Å². The van der Waals surface area contributed by atoms with Crippen LogP contribution < -0.4 is 20.7 Å². The number of methoxy groups -OCH3 is 1. The van der Waals surface area contributed by atoms with E-state index >= 15 is 0 Å². The molecule has 1 aliphatic rings. The Hall–Kier alpha value is -3.25. The predicted molar refractivity (Wildman–Crippen MR) is 173 cm³/mol. The quantitative estimate of drug-likeness (QED) is 0.173. The van der Waals surface area contributed by atoms with Gasteiger partial charge in [0.1, 0.15) is 24.1 Å². The summed E-state index contributed by atoms with van der Waals surface area (Å²) < 4.78 is 21.7. The first-order valence-corrected chi connectivity index (χ1v) is 16.9. The van der Waals surface area contributed by atoms with Crippen LogP contribution in [0.3, 0.4) is 0 Å². The fraction of sp³-hybridized carbons (Fsp3) is 0.625. The van der Waals surface area contributed by atoms with E-state index in [9.17, 15) is 33.5 Å². The van der Waals surface area contributed by atoms with Gasteiger partial charge in [0.2, 0.25) is 11.8 Å². The van der Waals surface area contributed by atoms with Crippen molar-refractivity contribution in [2.24, 2.45) is 28.1 Å². The molecule has 2 heterocycles. The number of aromatic nitrogens is 1. The summed E-state index contributed by atoms with van der Waals surface area (Å²) in [5, 5.41) is 9.20. The molecular weight excluding hydrogens is 615 g/mol. The van der Waals surface area contributed by atoms with E-state index in [1.165, 1.54) is 7.11 Å². The first-order chi connectivity index (χ1) is 21.1. The molecule has 0 spiro atoms. The predicted octanol–water partition coefficient (Wildman–Crippen LogP) is 3.70. The molecule has 0 radical (unpaired) electrons. The highest BCUT2D eigenvalue weighted by molar-refractivity contribution is 7.46. The van der Waals surface area contributed by atoms with Crippen molar-refractivity contribution in [2.75, 3.05) is 20.3 Å². The lowest BCUT2D eigenvalue weighted by Crippen LogP contribution is -2.69. The molecule has 1 fully saturated rings.